The van der Waals surface area contributed by atoms with Crippen LogP contribution in [0.4, 0.5) is 0 Å². The maximum absolute atomic E-state index is 12.1. The fourth-order valence-corrected chi connectivity index (χ4v) is 2.38. The molecule has 0 fully saturated rings. The van der Waals surface area contributed by atoms with Gasteiger partial charge in [0.1, 0.15) is 11.4 Å². The number of nitrogens with one attached hydrogen (secondary N) is 1. The largest absolute Gasteiger partial charge is 0.506 e. The molecule has 26 heavy (non-hydrogen) atoms. The molecule has 9 heteroatoms. The monoisotopic (exact) mass is 353 g/mol. The summed E-state index contributed by atoms with van der Waals surface area (Å²) in [5, 5.41) is 23.9. The summed E-state index contributed by atoms with van der Waals surface area (Å²) in [4.78, 5) is 27.3. The van der Waals surface area contributed by atoms with Crippen molar-refractivity contribution in [2.75, 3.05) is 7.11 Å². The van der Waals surface area contributed by atoms with E-state index in [-0.39, 0.29) is 24.3 Å². The van der Waals surface area contributed by atoms with Crippen LogP contribution in [0.5, 0.6) is 5.75 Å². The van der Waals surface area contributed by atoms with Crippen molar-refractivity contribution in [2.24, 2.45) is 0 Å². The van der Waals surface area contributed by atoms with Crippen molar-refractivity contribution in [2.45, 2.75) is 12.8 Å². The molecule has 0 aliphatic heterocycles. The van der Waals surface area contributed by atoms with Gasteiger partial charge in [0.15, 0.2) is 5.78 Å². The summed E-state index contributed by atoms with van der Waals surface area (Å²) in [6.07, 6.45) is 1.34. The van der Waals surface area contributed by atoms with E-state index < -0.39 is 11.8 Å². The number of tetrazole rings is 1. The van der Waals surface area contributed by atoms with E-state index in [1.54, 1.807) is 0 Å². The number of nitrogens with zero attached hydrogens (tertiary/aromatic N) is 4. The summed E-state index contributed by atoms with van der Waals surface area (Å²) in [5.74, 6) is -0.728. The van der Waals surface area contributed by atoms with Crippen LogP contribution in [0.2, 0.25) is 0 Å². The normalized spacial score (nSPS) is 10.5. The minimum absolute atomic E-state index is 0.0645. The van der Waals surface area contributed by atoms with Crippen LogP contribution in [0.25, 0.3) is 22.5 Å². The molecule has 0 spiro atoms. The van der Waals surface area contributed by atoms with Crippen molar-refractivity contribution in [3.63, 3.8) is 0 Å². The number of hydrogen-bond acceptors (Lipinski definition) is 8. The molecule has 0 aliphatic carbocycles. The number of hydrogen-bond donors (Lipinski definition) is 2. The molecule has 0 saturated carbocycles. The topological polar surface area (TPSA) is 131 Å². The van der Waals surface area contributed by atoms with Gasteiger partial charge in [-0.2, -0.15) is 5.21 Å². The maximum atomic E-state index is 12.1. The van der Waals surface area contributed by atoms with Gasteiger partial charge < -0.3 is 9.84 Å². The number of carbonyl (C=O) groups is 2. The smallest absolute Gasteiger partial charge is 0.305 e. The zero-order chi connectivity index (χ0) is 18.5. The van der Waals surface area contributed by atoms with E-state index in [0.29, 0.717) is 11.4 Å². The van der Waals surface area contributed by atoms with Crippen molar-refractivity contribution in [3.8, 4) is 28.3 Å². The molecule has 0 amide bonds. The van der Waals surface area contributed by atoms with E-state index in [0.717, 1.165) is 11.1 Å². The lowest BCUT2D eigenvalue weighted by molar-refractivity contribution is -0.140. The molecule has 9 nitrogen and oxygen atoms in total. The Bertz CT molecular complexity index is 940. The highest BCUT2D eigenvalue weighted by molar-refractivity contribution is 5.98. The van der Waals surface area contributed by atoms with Crippen LogP contribution < -0.4 is 0 Å². The number of ether oxygens (including phenoxy) is 1. The molecule has 0 atom stereocenters. The second-order valence-electron chi connectivity index (χ2n) is 5.41. The van der Waals surface area contributed by atoms with Crippen LogP contribution >= 0.6 is 0 Å². The molecule has 132 valence electrons. The number of H-pyrrole nitrogens is 1. The number of benzene rings is 1. The third-order valence-electron chi connectivity index (χ3n) is 3.72. The molecule has 0 bridgehead atoms. The Hall–Kier alpha value is -3.62. The van der Waals surface area contributed by atoms with Gasteiger partial charge in [-0.15, -0.1) is 10.2 Å². The quantitative estimate of drug-likeness (QED) is 0.506. The number of carbonyl (C=O) groups excluding carboxylic acids is 2. The van der Waals surface area contributed by atoms with Crippen LogP contribution in [0.15, 0.2) is 36.5 Å². The Morgan fingerprint density at radius 3 is 2.65 bits per heavy atom. The molecule has 3 rings (SSSR count). The first-order valence-corrected chi connectivity index (χ1v) is 7.71. The van der Waals surface area contributed by atoms with Crippen LogP contribution in [0, 0.1) is 0 Å². The van der Waals surface area contributed by atoms with Gasteiger partial charge in [0.2, 0.25) is 5.82 Å². The summed E-state index contributed by atoms with van der Waals surface area (Å²) in [6.45, 7) is 0. The molecule has 1 aromatic carbocycles. The zero-order valence-corrected chi connectivity index (χ0v) is 13.8. The number of pyridine rings is 1. The molecular weight excluding hydrogens is 338 g/mol. The van der Waals surface area contributed by atoms with E-state index in [1.807, 2.05) is 24.3 Å². The van der Waals surface area contributed by atoms with Crippen molar-refractivity contribution < 1.29 is 19.4 Å². The molecule has 2 heterocycles. The Balaban J connectivity index is 1.83. The second kappa shape index (κ2) is 7.51. The first kappa shape index (κ1) is 17.2. The van der Waals surface area contributed by atoms with Gasteiger partial charge in [-0.05, 0) is 22.9 Å². The number of aromatic hydroxyl groups is 1. The first-order valence-electron chi connectivity index (χ1n) is 7.71. The minimum atomic E-state index is -0.493. The highest BCUT2D eigenvalue weighted by Gasteiger charge is 2.16. The SMILES string of the molecule is COC(=O)CCC(=O)c1ncc(-c2cccc(-c3nn[nH]n3)c2)cc1O. The first-order chi connectivity index (χ1) is 12.6. The molecule has 0 aliphatic rings. The Morgan fingerprint density at radius 1 is 1.15 bits per heavy atom. The predicted octanol–water partition coefficient (Wildman–Crippen LogP) is 1.77. The van der Waals surface area contributed by atoms with E-state index in [2.05, 4.69) is 30.3 Å². The summed E-state index contributed by atoms with van der Waals surface area (Å²) >= 11 is 0. The van der Waals surface area contributed by atoms with Crippen LogP contribution in [-0.4, -0.2) is 49.6 Å². The highest BCUT2D eigenvalue weighted by Crippen LogP contribution is 2.28. The third-order valence-corrected chi connectivity index (χ3v) is 3.72. The van der Waals surface area contributed by atoms with Gasteiger partial charge in [0.05, 0.1) is 13.5 Å². The van der Waals surface area contributed by atoms with Crippen LogP contribution in [-0.2, 0) is 9.53 Å². The maximum Gasteiger partial charge on any atom is 0.305 e. The van der Waals surface area contributed by atoms with Crippen molar-refractivity contribution in [1.29, 1.82) is 0 Å². The summed E-state index contributed by atoms with van der Waals surface area (Å²) in [6, 6.07) is 8.74. The lowest BCUT2D eigenvalue weighted by atomic mass is 10.0. The van der Waals surface area contributed by atoms with E-state index in [1.165, 1.54) is 19.4 Å². The summed E-state index contributed by atoms with van der Waals surface area (Å²) in [5.41, 5.74) is 2.06. The molecule has 0 saturated heterocycles. The third kappa shape index (κ3) is 3.72. The molecule has 2 aromatic heterocycles. The van der Waals surface area contributed by atoms with Crippen molar-refractivity contribution in [3.05, 3.63) is 42.2 Å². The van der Waals surface area contributed by atoms with E-state index >= 15 is 0 Å². The minimum Gasteiger partial charge on any atom is -0.506 e. The average Bonchev–Trinajstić information content (AvgIpc) is 3.20. The number of rotatable bonds is 6. The van der Waals surface area contributed by atoms with Gasteiger partial charge in [0.25, 0.3) is 0 Å². The van der Waals surface area contributed by atoms with Gasteiger partial charge in [-0.3, -0.25) is 9.59 Å². The van der Waals surface area contributed by atoms with Gasteiger partial charge in [0, 0.05) is 23.7 Å². The molecule has 0 radical (unpaired) electrons. The van der Waals surface area contributed by atoms with E-state index in [4.69, 9.17) is 0 Å². The number of aromatic amines is 1. The molecule has 3 aromatic rings. The predicted molar refractivity (Wildman–Crippen MR) is 90.1 cm³/mol. The highest BCUT2D eigenvalue weighted by atomic mass is 16.5. The average molecular weight is 353 g/mol. The number of esters is 1. The fraction of sp³-hybridized carbons (Fsp3) is 0.176. The lowest BCUT2D eigenvalue weighted by Crippen LogP contribution is -2.07. The second-order valence-corrected chi connectivity index (χ2v) is 5.41. The lowest BCUT2D eigenvalue weighted by Gasteiger charge is -2.07. The van der Waals surface area contributed by atoms with Gasteiger partial charge >= 0.3 is 5.97 Å². The van der Waals surface area contributed by atoms with Gasteiger partial charge in [-0.25, -0.2) is 4.98 Å². The van der Waals surface area contributed by atoms with Crippen LogP contribution in [0.1, 0.15) is 23.3 Å². The Labute approximate surface area is 148 Å². The number of Topliss-reactive ketones (excluding diaryl/α,β-unsaturated/α-hetero) is 1. The Morgan fingerprint density at radius 2 is 1.96 bits per heavy atom. The van der Waals surface area contributed by atoms with Crippen LogP contribution in [0.3, 0.4) is 0 Å². The van der Waals surface area contributed by atoms with Crippen molar-refractivity contribution >= 4 is 11.8 Å². The molecular formula is C17H15N5O4. The summed E-state index contributed by atoms with van der Waals surface area (Å²) < 4.78 is 4.49. The number of methoxy groups -OCH3 is 1. The number of aromatic nitrogens is 5. The summed E-state index contributed by atoms with van der Waals surface area (Å²) in [7, 11) is 1.25. The van der Waals surface area contributed by atoms with Crippen molar-refractivity contribution in [1.82, 2.24) is 25.6 Å². The van der Waals surface area contributed by atoms with E-state index in [9.17, 15) is 14.7 Å². The fourth-order valence-electron chi connectivity index (χ4n) is 2.38. The molecule has 0 unspecified atom stereocenters. The zero-order valence-electron chi connectivity index (χ0n) is 13.8. The standard InChI is InChI=1S/C17H15N5O4/c1-26-15(25)6-5-13(23)16-14(24)8-12(9-18-16)10-3-2-4-11(7-10)17-19-21-22-20-17/h2-4,7-9,24H,5-6H2,1H3,(H,19,20,21,22). The Kier molecular flexibility index (Phi) is 4.97. The van der Waals surface area contributed by atoms with Gasteiger partial charge in [-0.1, -0.05) is 18.2 Å². The number of ketones is 1. The molecule has 2 N–H and O–H groups in total.